The maximum absolute atomic E-state index is 14.7. The van der Waals surface area contributed by atoms with Gasteiger partial charge in [0, 0.05) is 28.0 Å². The van der Waals surface area contributed by atoms with Gasteiger partial charge in [-0.05, 0) is 18.6 Å². The van der Waals surface area contributed by atoms with Crippen LogP contribution in [0.3, 0.4) is 0 Å². The third-order valence-electron chi connectivity index (χ3n) is 4.96. The number of aromatic nitrogens is 3. The molecule has 8 heteroatoms. The first-order chi connectivity index (χ1) is 14.0. The van der Waals surface area contributed by atoms with Crippen molar-refractivity contribution in [1.82, 2.24) is 14.8 Å². The first kappa shape index (κ1) is 20.3. The van der Waals surface area contributed by atoms with Crippen LogP contribution in [0.2, 0.25) is 5.02 Å². The number of hydrogen-bond donors (Lipinski definition) is 0. The number of unbranched alkanes of at least 4 members (excludes halogenated alkanes) is 1. The molecule has 0 radical (unpaired) electrons. The molecule has 1 aliphatic heterocycles. The summed E-state index contributed by atoms with van der Waals surface area (Å²) >= 11 is 7.97. The molecule has 1 aliphatic rings. The van der Waals surface area contributed by atoms with Gasteiger partial charge in [-0.1, -0.05) is 61.0 Å². The maximum Gasteiger partial charge on any atom is 0.186 e. The van der Waals surface area contributed by atoms with Crippen LogP contribution in [-0.2, 0) is 16.9 Å². The average molecular weight is 436 g/mol. The van der Waals surface area contributed by atoms with Crippen LogP contribution in [0, 0.1) is 11.6 Å². The van der Waals surface area contributed by atoms with E-state index in [-0.39, 0.29) is 12.1 Å². The summed E-state index contributed by atoms with van der Waals surface area (Å²) in [6.07, 6.45) is 3.17. The number of halogens is 3. The molecule has 0 bridgehead atoms. The molecular formula is C21H20ClF2N3OS. The zero-order valence-corrected chi connectivity index (χ0v) is 17.4. The Kier molecular flexibility index (Phi) is 5.90. The minimum absolute atomic E-state index is 0.250. The van der Waals surface area contributed by atoms with E-state index in [1.54, 1.807) is 22.5 Å². The Morgan fingerprint density at radius 3 is 2.83 bits per heavy atom. The van der Waals surface area contributed by atoms with Crippen LogP contribution >= 0.6 is 23.4 Å². The molecule has 0 amide bonds. The van der Waals surface area contributed by atoms with Crippen molar-refractivity contribution in [3.05, 3.63) is 76.6 Å². The minimum atomic E-state index is -1.03. The van der Waals surface area contributed by atoms with Gasteiger partial charge >= 0.3 is 0 Å². The van der Waals surface area contributed by atoms with E-state index in [0.717, 1.165) is 35.4 Å². The van der Waals surface area contributed by atoms with E-state index in [4.69, 9.17) is 16.3 Å². The molecule has 4 rings (SSSR count). The van der Waals surface area contributed by atoms with E-state index in [1.165, 1.54) is 18.5 Å². The van der Waals surface area contributed by atoms with Crippen LogP contribution in [0.4, 0.5) is 8.78 Å². The monoisotopic (exact) mass is 435 g/mol. The van der Waals surface area contributed by atoms with Crippen LogP contribution in [0.25, 0.3) is 0 Å². The summed E-state index contributed by atoms with van der Waals surface area (Å²) in [5, 5.41) is 5.60. The van der Waals surface area contributed by atoms with Crippen LogP contribution < -0.4 is 0 Å². The van der Waals surface area contributed by atoms with Crippen molar-refractivity contribution in [3.63, 3.8) is 0 Å². The van der Waals surface area contributed by atoms with Crippen molar-refractivity contribution < 1.29 is 13.5 Å². The number of nitrogens with zero attached hydrogens (tertiary/aromatic N) is 3. The van der Waals surface area contributed by atoms with Gasteiger partial charge in [-0.15, -0.1) is 0 Å². The topological polar surface area (TPSA) is 43.2 Å². The molecule has 0 N–H and O–H groups in total. The fourth-order valence-corrected chi connectivity index (χ4v) is 4.66. The van der Waals surface area contributed by atoms with Gasteiger partial charge < -0.3 is 4.74 Å². The highest BCUT2D eigenvalue weighted by Gasteiger charge is 2.61. The molecule has 152 valence electrons. The maximum atomic E-state index is 14.7. The lowest BCUT2D eigenvalue weighted by molar-refractivity contribution is 0.250. The van der Waals surface area contributed by atoms with E-state index in [1.807, 2.05) is 18.2 Å². The number of thioether (sulfide) groups is 1. The van der Waals surface area contributed by atoms with Gasteiger partial charge in [-0.25, -0.2) is 18.4 Å². The van der Waals surface area contributed by atoms with Crippen molar-refractivity contribution in [3.8, 4) is 0 Å². The van der Waals surface area contributed by atoms with E-state index < -0.39 is 23.3 Å². The Morgan fingerprint density at radius 2 is 2.07 bits per heavy atom. The first-order valence-electron chi connectivity index (χ1n) is 9.43. The number of ether oxygens (including phenoxy) is 1. The van der Waals surface area contributed by atoms with Gasteiger partial charge in [0.15, 0.2) is 5.16 Å². The third kappa shape index (κ3) is 4.04. The smallest absolute Gasteiger partial charge is 0.186 e. The molecule has 4 nitrogen and oxygen atoms in total. The predicted octanol–water partition coefficient (Wildman–Crippen LogP) is 5.77. The van der Waals surface area contributed by atoms with Gasteiger partial charge in [-0.2, -0.15) is 5.10 Å². The minimum Gasteiger partial charge on any atom is -0.354 e. The van der Waals surface area contributed by atoms with Gasteiger partial charge in [0.2, 0.25) is 0 Å². The van der Waals surface area contributed by atoms with Crippen molar-refractivity contribution >= 4 is 23.4 Å². The SMILES string of the molecule is CCCCSc1ncnn1C[C@]1(c2ccc(F)cc2F)O[C@@H]1c1ccccc1Cl. The number of epoxide rings is 1. The Labute approximate surface area is 177 Å². The summed E-state index contributed by atoms with van der Waals surface area (Å²) in [6.45, 7) is 2.38. The van der Waals surface area contributed by atoms with Crippen LogP contribution in [0.5, 0.6) is 0 Å². The summed E-state index contributed by atoms with van der Waals surface area (Å²) in [5.41, 5.74) is 0.0123. The molecule has 1 saturated heterocycles. The number of rotatable bonds is 8. The van der Waals surface area contributed by atoms with Gasteiger partial charge in [0.05, 0.1) is 6.54 Å². The summed E-state index contributed by atoms with van der Waals surface area (Å²) in [4.78, 5) is 4.32. The highest BCUT2D eigenvalue weighted by molar-refractivity contribution is 7.99. The standard InChI is InChI=1S/C21H20ClF2N3OS/c1-2-3-10-29-20-25-13-26-27(20)12-21(16-9-8-14(23)11-18(16)24)19(28-21)15-6-4-5-7-17(15)22/h4-9,11,13,19H,2-3,10,12H2,1H3/t19-,21-/m1/s1. The average Bonchev–Trinajstić information content (AvgIpc) is 3.23. The molecular weight excluding hydrogens is 416 g/mol. The number of benzene rings is 2. The molecule has 0 spiro atoms. The fourth-order valence-electron chi connectivity index (χ4n) is 3.43. The largest absolute Gasteiger partial charge is 0.354 e. The zero-order valence-electron chi connectivity index (χ0n) is 15.8. The Balaban J connectivity index is 1.70. The quantitative estimate of drug-likeness (QED) is 0.256. The highest BCUT2D eigenvalue weighted by atomic mass is 35.5. The van der Waals surface area contributed by atoms with E-state index in [9.17, 15) is 8.78 Å². The molecule has 3 aromatic rings. The third-order valence-corrected chi connectivity index (χ3v) is 6.37. The normalized spacial score (nSPS) is 20.8. The summed E-state index contributed by atoms with van der Waals surface area (Å²) in [7, 11) is 0. The molecule has 1 fully saturated rings. The van der Waals surface area contributed by atoms with Gasteiger partial charge in [-0.3, -0.25) is 0 Å². The van der Waals surface area contributed by atoms with Crippen molar-refractivity contribution in [1.29, 1.82) is 0 Å². The molecule has 0 aliphatic carbocycles. The zero-order chi connectivity index (χ0) is 20.4. The Morgan fingerprint density at radius 1 is 1.24 bits per heavy atom. The molecule has 2 heterocycles. The lowest BCUT2D eigenvalue weighted by Gasteiger charge is -2.16. The molecule has 1 aromatic heterocycles. The van der Waals surface area contributed by atoms with E-state index >= 15 is 0 Å². The fraction of sp³-hybridized carbons (Fsp3) is 0.333. The highest BCUT2D eigenvalue weighted by Crippen LogP contribution is 2.59. The second kappa shape index (κ2) is 8.42. The summed E-state index contributed by atoms with van der Waals surface area (Å²) in [5.74, 6) is -0.366. The first-order valence-corrected chi connectivity index (χ1v) is 10.8. The molecule has 2 aromatic carbocycles. The molecule has 0 saturated carbocycles. The summed E-state index contributed by atoms with van der Waals surface area (Å²) < 4.78 is 36.1. The van der Waals surface area contributed by atoms with Crippen LogP contribution in [0.1, 0.15) is 37.0 Å². The van der Waals surface area contributed by atoms with Crippen molar-refractivity contribution in [2.75, 3.05) is 5.75 Å². The van der Waals surface area contributed by atoms with Crippen molar-refractivity contribution in [2.24, 2.45) is 0 Å². The Bertz CT molecular complexity index is 1020. The van der Waals surface area contributed by atoms with E-state index in [2.05, 4.69) is 17.0 Å². The molecule has 0 unspecified atom stereocenters. The van der Waals surface area contributed by atoms with Gasteiger partial charge in [0.25, 0.3) is 0 Å². The predicted molar refractivity (Wildman–Crippen MR) is 109 cm³/mol. The molecule has 29 heavy (non-hydrogen) atoms. The van der Waals surface area contributed by atoms with Crippen LogP contribution in [-0.4, -0.2) is 20.5 Å². The van der Waals surface area contributed by atoms with E-state index in [0.29, 0.717) is 5.02 Å². The second-order valence-corrected chi connectivity index (χ2v) is 8.40. The Hall–Kier alpha value is -1.96. The second-order valence-electron chi connectivity index (χ2n) is 6.94. The van der Waals surface area contributed by atoms with Crippen LogP contribution in [0.15, 0.2) is 53.9 Å². The lowest BCUT2D eigenvalue weighted by atomic mass is 9.91. The van der Waals surface area contributed by atoms with Gasteiger partial charge in [0.1, 0.15) is 29.7 Å². The molecule has 2 atom stereocenters. The number of hydrogen-bond acceptors (Lipinski definition) is 4. The lowest BCUT2D eigenvalue weighted by Crippen LogP contribution is -2.22. The van der Waals surface area contributed by atoms with Crippen molar-refractivity contribution in [2.45, 2.75) is 43.2 Å². The summed E-state index contributed by atoms with van der Waals surface area (Å²) in [6, 6.07) is 10.9.